The highest BCUT2D eigenvalue weighted by Crippen LogP contribution is 1.78. The zero-order chi connectivity index (χ0) is 6.95. The molecule has 3 nitrogen and oxygen atoms in total. The molecule has 3 heteroatoms. The monoisotopic (exact) mass is 130 g/mol. The SMILES string of the molecule is C=CO/C=C\OCCO. The first kappa shape index (κ1) is 8.04. The summed E-state index contributed by atoms with van der Waals surface area (Å²) in [5.41, 5.74) is 0. The molecule has 0 spiro atoms. The van der Waals surface area contributed by atoms with Gasteiger partial charge in [-0.25, -0.2) is 0 Å². The van der Waals surface area contributed by atoms with Crippen LogP contribution in [0.15, 0.2) is 25.4 Å². The summed E-state index contributed by atoms with van der Waals surface area (Å²) in [5.74, 6) is 0. The Bertz CT molecular complexity index is 88.3. The van der Waals surface area contributed by atoms with Crippen LogP contribution >= 0.6 is 0 Å². The Hall–Kier alpha value is -0.960. The van der Waals surface area contributed by atoms with Gasteiger partial charge in [-0.2, -0.15) is 0 Å². The summed E-state index contributed by atoms with van der Waals surface area (Å²) in [6, 6.07) is 0. The first-order chi connectivity index (χ1) is 4.41. The molecule has 0 unspecified atom stereocenters. The molecule has 52 valence electrons. The van der Waals surface area contributed by atoms with Crippen molar-refractivity contribution in [3.63, 3.8) is 0 Å². The quantitative estimate of drug-likeness (QED) is 0.438. The fraction of sp³-hybridized carbons (Fsp3) is 0.333. The molecule has 0 aromatic rings. The first-order valence-electron chi connectivity index (χ1n) is 2.55. The minimum atomic E-state index is 0.0123. The number of hydrogen-bond acceptors (Lipinski definition) is 3. The molecular formula is C6H10O3. The van der Waals surface area contributed by atoms with Gasteiger partial charge in [-0.3, -0.25) is 0 Å². The van der Waals surface area contributed by atoms with Crippen molar-refractivity contribution in [2.45, 2.75) is 0 Å². The average Bonchev–Trinajstić information content (AvgIpc) is 1.89. The molecule has 0 rings (SSSR count). The van der Waals surface area contributed by atoms with Gasteiger partial charge in [0.25, 0.3) is 0 Å². The summed E-state index contributed by atoms with van der Waals surface area (Å²) < 4.78 is 9.24. The maximum absolute atomic E-state index is 8.20. The summed E-state index contributed by atoms with van der Waals surface area (Å²) in [6.45, 7) is 3.60. The smallest absolute Gasteiger partial charge is 0.125 e. The highest BCUT2D eigenvalue weighted by atomic mass is 16.5. The van der Waals surface area contributed by atoms with Crippen molar-refractivity contribution in [3.05, 3.63) is 25.4 Å². The number of hydrogen-bond donors (Lipinski definition) is 1. The summed E-state index contributed by atoms with van der Waals surface area (Å²) in [6.07, 6.45) is 3.96. The molecular weight excluding hydrogens is 120 g/mol. The molecule has 0 aromatic carbocycles. The van der Waals surface area contributed by atoms with E-state index in [0.29, 0.717) is 0 Å². The molecule has 0 saturated heterocycles. The van der Waals surface area contributed by atoms with Crippen molar-refractivity contribution in [1.82, 2.24) is 0 Å². The minimum Gasteiger partial charge on any atom is -0.496 e. The maximum atomic E-state index is 8.20. The van der Waals surface area contributed by atoms with E-state index in [-0.39, 0.29) is 13.2 Å². The third kappa shape index (κ3) is 7.04. The van der Waals surface area contributed by atoms with Crippen LogP contribution in [0.1, 0.15) is 0 Å². The lowest BCUT2D eigenvalue weighted by Gasteiger charge is -1.93. The van der Waals surface area contributed by atoms with Crippen LogP contribution in [0.3, 0.4) is 0 Å². The molecule has 9 heavy (non-hydrogen) atoms. The molecule has 0 bridgehead atoms. The number of aliphatic hydroxyl groups is 1. The average molecular weight is 130 g/mol. The highest BCUT2D eigenvalue weighted by molar-refractivity contribution is 4.65. The molecule has 0 aliphatic carbocycles. The van der Waals surface area contributed by atoms with Gasteiger partial charge in [0.2, 0.25) is 0 Å². The van der Waals surface area contributed by atoms with Crippen LogP contribution in [0.25, 0.3) is 0 Å². The third-order valence-electron chi connectivity index (χ3n) is 0.536. The van der Waals surface area contributed by atoms with E-state index in [2.05, 4.69) is 16.1 Å². The van der Waals surface area contributed by atoms with Crippen LogP contribution in [-0.2, 0) is 9.47 Å². The van der Waals surface area contributed by atoms with E-state index in [0.717, 1.165) is 0 Å². The van der Waals surface area contributed by atoms with Gasteiger partial charge in [-0.15, -0.1) is 0 Å². The minimum absolute atomic E-state index is 0.0123. The summed E-state index contributed by atoms with van der Waals surface area (Å²) in [5, 5.41) is 8.20. The first-order valence-corrected chi connectivity index (χ1v) is 2.55. The Balaban J connectivity index is 2.94. The standard InChI is InChI=1S/C6H10O3/c1-2-8-5-6-9-4-3-7/h2,5-7H,1,3-4H2/b6-5-. The van der Waals surface area contributed by atoms with Gasteiger partial charge in [0.05, 0.1) is 12.9 Å². The molecule has 1 N–H and O–H groups in total. The van der Waals surface area contributed by atoms with Crippen LogP contribution in [0.5, 0.6) is 0 Å². The van der Waals surface area contributed by atoms with E-state index in [1.807, 2.05) is 0 Å². The van der Waals surface area contributed by atoms with Gasteiger partial charge in [0.15, 0.2) is 0 Å². The van der Waals surface area contributed by atoms with E-state index in [9.17, 15) is 0 Å². The number of rotatable bonds is 5. The van der Waals surface area contributed by atoms with Crippen molar-refractivity contribution in [2.24, 2.45) is 0 Å². The van der Waals surface area contributed by atoms with E-state index < -0.39 is 0 Å². The predicted molar refractivity (Wildman–Crippen MR) is 33.5 cm³/mol. The largest absolute Gasteiger partial charge is 0.496 e. The fourth-order valence-electron chi connectivity index (χ4n) is 0.248. The van der Waals surface area contributed by atoms with E-state index in [1.54, 1.807) is 0 Å². The van der Waals surface area contributed by atoms with Gasteiger partial charge in [0.1, 0.15) is 19.1 Å². The van der Waals surface area contributed by atoms with Crippen molar-refractivity contribution in [2.75, 3.05) is 13.2 Å². The Morgan fingerprint density at radius 1 is 1.44 bits per heavy atom. The lowest BCUT2D eigenvalue weighted by molar-refractivity contribution is 0.161. The fourth-order valence-corrected chi connectivity index (χ4v) is 0.248. The van der Waals surface area contributed by atoms with Crippen molar-refractivity contribution >= 4 is 0 Å². The van der Waals surface area contributed by atoms with Crippen LogP contribution in [0.4, 0.5) is 0 Å². The Morgan fingerprint density at radius 2 is 2.22 bits per heavy atom. The topological polar surface area (TPSA) is 38.7 Å². The predicted octanol–water partition coefficient (Wildman–Crippen LogP) is 0.627. The summed E-state index contributed by atoms with van der Waals surface area (Å²) >= 11 is 0. The molecule has 0 saturated carbocycles. The third-order valence-corrected chi connectivity index (χ3v) is 0.536. The van der Waals surface area contributed by atoms with Crippen LogP contribution < -0.4 is 0 Å². The molecule has 0 aliphatic rings. The van der Waals surface area contributed by atoms with Crippen LogP contribution in [0.2, 0.25) is 0 Å². The molecule has 0 radical (unpaired) electrons. The van der Waals surface area contributed by atoms with Crippen molar-refractivity contribution < 1.29 is 14.6 Å². The second-order valence-electron chi connectivity index (χ2n) is 1.17. The lowest BCUT2D eigenvalue weighted by atomic mass is 10.8. The highest BCUT2D eigenvalue weighted by Gasteiger charge is 1.73. The Labute approximate surface area is 54.2 Å². The summed E-state index contributed by atoms with van der Waals surface area (Å²) in [7, 11) is 0. The molecule has 0 aromatic heterocycles. The van der Waals surface area contributed by atoms with Gasteiger partial charge < -0.3 is 14.6 Å². The second-order valence-corrected chi connectivity index (χ2v) is 1.17. The molecule has 0 amide bonds. The number of aliphatic hydroxyl groups excluding tert-OH is 1. The zero-order valence-corrected chi connectivity index (χ0v) is 5.12. The van der Waals surface area contributed by atoms with Crippen molar-refractivity contribution in [1.29, 1.82) is 0 Å². The maximum Gasteiger partial charge on any atom is 0.125 e. The molecule has 0 atom stereocenters. The molecule has 0 aliphatic heterocycles. The van der Waals surface area contributed by atoms with Gasteiger partial charge in [0, 0.05) is 0 Å². The van der Waals surface area contributed by atoms with Crippen LogP contribution in [0, 0.1) is 0 Å². The second kappa shape index (κ2) is 7.04. The molecule has 0 fully saturated rings. The molecule has 0 heterocycles. The Morgan fingerprint density at radius 3 is 2.78 bits per heavy atom. The van der Waals surface area contributed by atoms with Gasteiger partial charge >= 0.3 is 0 Å². The number of ether oxygens (including phenoxy) is 2. The zero-order valence-electron chi connectivity index (χ0n) is 5.12. The van der Waals surface area contributed by atoms with E-state index in [4.69, 9.17) is 5.11 Å². The normalized spacial score (nSPS) is 9.44. The lowest BCUT2D eigenvalue weighted by Crippen LogP contribution is -1.91. The Kier molecular flexibility index (Phi) is 6.29. The van der Waals surface area contributed by atoms with Crippen molar-refractivity contribution in [3.8, 4) is 0 Å². The van der Waals surface area contributed by atoms with Crippen LogP contribution in [-0.4, -0.2) is 18.3 Å². The van der Waals surface area contributed by atoms with Gasteiger partial charge in [-0.1, -0.05) is 6.58 Å². The summed E-state index contributed by atoms with van der Waals surface area (Å²) in [4.78, 5) is 0. The van der Waals surface area contributed by atoms with Gasteiger partial charge in [-0.05, 0) is 0 Å². The van der Waals surface area contributed by atoms with E-state index >= 15 is 0 Å². The van der Waals surface area contributed by atoms with E-state index in [1.165, 1.54) is 18.8 Å².